The number of nitrogens with one attached hydrogen (secondary N) is 1. The lowest BCUT2D eigenvalue weighted by molar-refractivity contribution is 0.416. The molecule has 1 aromatic rings. The molecule has 0 heterocycles. The van der Waals surface area contributed by atoms with Crippen molar-refractivity contribution < 1.29 is 4.74 Å². The second-order valence-electron chi connectivity index (χ2n) is 3.92. The van der Waals surface area contributed by atoms with Crippen molar-refractivity contribution in [3.8, 4) is 5.75 Å². The molecule has 0 saturated carbocycles. The van der Waals surface area contributed by atoms with Crippen molar-refractivity contribution in [2.75, 3.05) is 19.0 Å². The van der Waals surface area contributed by atoms with Crippen LogP contribution in [0.25, 0.3) is 0 Å². The van der Waals surface area contributed by atoms with Crippen molar-refractivity contribution >= 4 is 17.3 Å². The fraction of sp³-hybridized carbons (Fsp3) is 0.500. The van der Waals surface area contributed by atoms with Crippen LogP contribution in [0.2, 0.25) is 5.02 Å². The lowest BCUT2D eigenvalue weighted by Gasteiger charge is -2.18. The quantitative estimate of drug-likeness (QED) is 0.835. The molecule has 1 rings (SSSR count). The van der Waals surface area contributed by atoms with Gasteiger partial charge in [-0.2, -0.15) is 0 Å². The smallest absolute Gasteiger partial charge is 0.143 e. The molecule has 0 saturated heterocycles. The Morgan fingerprint density at radius 1 is 1.50 bits per heavy atom. The molecule has 0 amide bonds. The Hall–Kier alpha value is -0.930. The fourth-order valence-electron chi connectivity index (χ4n) is 1.53. The van der Waals surface area contributed by atoms with Gasteiger partial charge in [-0.15, -0.1) is 0 Å². The average molecular weight is 243 g/mol. The first kappa shape index (κ1) is 13.1. The molecule has 16 heavy (non-hydrogen) atoms. The first-order valence-corrected chi connectivity index (χ1v) is 5.77. The van der Waals surface area contributed by atoms with E-state index >= 15 is 0 Å². The van der Waals surface area contributed by atoms with Gasteiger partial charge in [-0.1, -0.05) is 11.6 Å². The lowest BCUT2D eigenvalue weighted by Crippen LogP contribution is -2.19. The molecule has 90 valence electrons. The molecule has 1 aromatic carbocycles. The number of anilines is 1. The maximum atomic E-state index is 6.03. The van der Waals surface area contributed by atoms with E-state index in [1.54, 1.807) is 7.11 Å². The van der Waals surface area contributed by atoms with Crippen LogP contribution in [-0.2, 0) is 0 Å². The molecule has 4 heteroatoms. The number of aryl methyl sites for hydroxylation is 1. The SMILES string of the molecule is COc1cc(Cl)c(C)cc1NC(C)CCN. The minimum absolute atomic E-state index is 0.319. The van der Waals surface area contributed by atoms with Crippen LogP contribution in [0.4, 0.5) is 5.69 Å². The number of halogens is 1. The van der Waals surface area contributed by atoms with E-state index in [4.69, 9.17) is 22.1 Å². The number of benzene rings is 1. The van der Waals surface area contributed by atoms with Crippen LogP contribution < -0.4 is 15.8 Å². The van der Waals surface area contributed by atoms with E-state index in [9.17, 15) is 0 Å². The van der Waals surface area contributed by atoms with Crippen LogP contribution in [0.1, 0.15) is 18.9 Å². The summed E-state index contributed by atoms with van der Waals surface area (Å²) in [5.41, 5.74) is 7.51. The number of rotatable bonds is 5. The van der Waals surface area contributed by atoms with Crippen molar-refractivity contribution in [2.24, 2.45) is 5.73 Å². The molecule has 3 N–H and O–H groups in total. The highest BCUT2D eigenvalue weighted by Crippen LogP contribution is 2.31. The molecule has 0 aromatic heterocycles. The second kappa shape index (κ2) is 5.97. The minimum Gasteiger partial charge on any atom is -0.495 e. The standard InChI is InChI=1S/C12H19ClN2O/c1-8-6-11(15-9(2)4-5-14)12(16-3)7-10(8)13/h6-7,9,15H,4-5,14H2,1-3H3. The molecule has 1 atom stereocenters. The van der Waals surface area contributed by atoms with Gasteiger partial charge in [0, 0.05) is 17.1 Å². The normalized spacial score (nSPS) is 12.3. The molecular weight excluding hydrogens is 224 g/mol. The van der Waals surface area contributed by atoms with E-state index in [1.165, 1.54) is 0 Å². The molecular formula is C12H19ClN2O. The summed E-state index contributed by atoms with van der Waals surface area (Å²) in [6, 6.07) is 4.14. The van der Waals surface area contributed by atoms with Gasteiger partial charge in [-0.25, -0.2) is 0 Å². The van der Waals surface area contributed by atoms with Crippen molar-refractivity contribution in [2.45, 2.75) is 26.3 Å². The maximum absolute atomic E-state index is 6.03. The number of hydrogen-bond acceptors (Lipinski definition) is 3. The highest BCUT2D eigenvalue weighted by molar-refractivity contribution is 6.31. The number of ether oxygens (including phenoxy) is 1. The summed E-state index contributed by atoms with van der Waals surface area (Å²) in [7, 11) is 1.64. The zero-order valence-corrected chi connectivity index (χ0v) is 10.8. The Morgan fingerprint density at radius 2 is 2.19 bits per heavy atom. The zero-order chi connectivity index (χ0) is 12.1. The van der Waals surface area contributed by atoms with Gasteiger partial charge in [-0.3, -0.25) is 0 Å². The van der Waals surface area contributed by atoms with Crippen molar-refractivity contribution in [1.29, 1.82) is 0 Å². The summed E-state index contributed by atoms with van der Waals surface area (Å²) in [4.78, 5) is 0. The Bertz CT molecular complexity index is 355. The highest BCUT2D eigenvalue weighted by Gasteiger charge is 2.09. The maximum Gasteiger partial charge on any atom is 0.143 e. The molecule has 0 aliphatic rings. The second-order valence-corrected chi connectivity index (χ2v) is 4.33. The fourth-order valence-corrected chi connectivity index (χ4v) is 1.69. The van der Waals surface area contributed by atoms with Crippen LogP contribution in [0.3, 0.4) is 0 Å². The van der Waals surface area contributed by atoms with E-state index in [2.05, 4.69) is 12.2 Å². The van der Waals surface area contributed by atoms with E-state index in [-0.39, 0.29) is 0 Å². The van der Waals surface area contributed by atoms with E-state index in [1.807, 2.05) is 19.1 Å². The van der Waals surface area contributed by atoms with Crippen LogP contribution >= 0.6 is 11.6 Å². The Labute approximate surface area is 102 Å². The summed E-state index contributed by atoms with van der Waals surface area (Å²) in [6.45, 7) is 4.74. The van der Waals surface area contributed by atoms with Gasteiger partial charge in [0.2, 0.25) is 0 Å². The molecule has 0 aliphatic carbocycles. The van der Waals surface area contributed by atoms with Gasteiger partial charge in [0.1, 0.15) is 5.75 Å². The molecule has 3 nitrogen and oxygen atoms in total. The van der Waals surface area contributed by atoms with Gasteiger partial charge < -0.3 is 15.8 Å². The molecule has 1 unspecified atom stereocenters. The highest BCUT2D eigenvalue weighted by atomic mass is 35.5. The van der Waals surface area contributed by atoms with Crippen molar-refractivity contribution in [3.05, 3.63) is 22.7 Å². The topological polar surface area (TPSA) is 47.3 Å². The van der Waals surface area contributed by atoms with Crippen LogP contribution in [0, 0.1) is 6.92 Å². The predicted molar refractivity (Wildman–Crippen MR) is 69.5 cm³/mol. The number of methoxy groups -OCH3 is 1. The molecule has 0 spiro atoms. The minimum atomic E-state index is 0.319. The molecule has 0 aliphatic heterocycles. The van der Waals surface area contributed by atoms with Gasteiger partial charge in [0.05, 0.1) is 12.8 Å². The van der Waals surface area contributed by atoms with Crippen molar-refractivity contribution in [3.63, 3.8) is 0 Å². The van der Waals surface area contributed by atoms with E-state index < -0.39 is 0 Å². The van der Waals surface area contributed by atoms with Gasteiger partial charge in [-0.05, 0) is 38.4 Å². The summed E-state index contributed by atoms with van der Waals surface area (Å²) in [6.07, 6.45) is 0.921. The number of nitrogens with two attached hydrogens (primary N) is 1. The summed E-state index contributed by atoms with van der Waals surface area (Å²) >= 11 is 6.03. The van der Waals surface area contributed by atoms with Crippen LogP contribution in [0.5, 0.6) is 5.75 Å². The summed E-state index contributed by atoms with van der Waals surface area (Å²) < 4.78 is 5.28. The first-order valence-electron chi connectivity index (χ1n) is 5.39. The Morgan fingerprint density at radius 3 is 2.75 bits per heavy atom. The predicted octanol–water partition coefficient (Wildman–Crippen LogP) is 2.81. The largest absolute Gasteiger partial charge is 0.495 e. The van der Waals surface area contributed by atoms with Gasteiger partial charge in [0.25, 0.3) is 0 Å². The summed E-state index contributed by atoms with van der Waals surface area (Å²) in [5.74, 6) is 0.763. The monoisotopic (exact) mass is 242 g/mol. The third-order valence-electron chi connectivity index (χ3n) is 2.48. The van der Waals surface area contributed by atoms with E-state index in [0.717, 1.165) is 23.4 Å². The third kappa shape index (κ3) is 3.29. The van der Waals surface area contributed by atoms with Crippen molar-refractivity contribution in [1.82, 2.24) is 0 Å². The summed E-state index contributed by atoms with van der Waals surface area (Å²) in [5, 5.41) is 4.08. The van der Waals surface area contributed by atoms with Gasteiger partial charge in [0.15, 0.2) is 0 Å². The molecule has 0 fully saturated rings. The van der Waals surface area contributed by atoms with Gasteiger partial charge >= 0.3 is 0 Å². The lowest BCUT2D eigenvalue weighted by atomic mass is 10.1. The molecule has 0 bridgehead atoms. The average Bonchev–Trinajstić information content (AvgIpc) is 2.23. The number of hydrogen-bond donors (Lipinski definition) is 2. The Kier molecular flexibility index (Phi) is 4.90. The molecule has 0 radical (unpaired) electrons. The zero-order valence-electron chi connectivity index (χ0n) is 10.0. The van der Waals surface area contributed by atoms with Crippen LogP contribution in [-0.4, -0.2) is 19.7 Å². The third-order valence-corrected chi connectivity index (χ3v) is 2.89. The Balaban J connectivity index is 2.89. The van der Waals surface area contributed by atoms with Crippen LogP contribution in [0.15, 0.2) is 12.1 Å². The van der Waals surface area contributed by atoms with E-state index in [0.29, 0.717) is 17.6 Å². The first-order chi connectivity index (χ1) is 7.58.